The molecule has 3 rings (SSSR count). The van der Waals surface area contributed by atoms with Gasteiger partial charge in [-0.1, -0.05) is 17.4 Å². The molecule has 0 atom stereocenters. The largest absolute Gasteiger partial charge is 0.297 e. The molecule has 0 bridgehead atoms. The first-order valence-electron chi connectivity index (χ1n) is 5.31. The maximum Gasteiger partial charge on any atom is 0.230 e. The molecule has 0 saturated carbocycles. The van der Waals surface area contributed by atoms with Crippen molar-refractivity contribution in [3.8, 4) is 9.75 Å². The molecule has 0 radical (unpaired) electrons. The SMILES string of the molecule is O=Cc1cnc(/N=N/c2ccc(-c3cccs3)s2)s1. The highest BCUT2D eigenvalue weighted by atomic mass is 32.1. The van der Waals surface area contributed by atoms with Gasteiger partial charge in [-0.15, -0.1) is 32.9 Å². The molecule has 3 aromatic rings. The second-order valence-electron chi connectivity index (χ2n) is 3.48. The van der Waals surface area contributed by atoms with E-state index in [1.165, 1.54) is 27.3 Å². The number of azo groups is 1. The summed E-state index contributed by atoms with van der Waals surface area (Å²) in [6, 6.07) is 8.06. The molecule has 0 amide bonds. The van der Waals surface area contributed by atoms with E-state index < -0.39 is 0 Å². The summed E-state index contributed by atoms with van der Waals surface area (Å²) in [6.45, 7) is 0. The average Bonchev–Trinajstić information content (AvgIpc) is 3.16. The Balaban J connectivity index is 1.78. The quantitative estimate of drug-likeness (QED) is 0.493. The average molecular weight is 305 g/mol. The number of carbonyl (C=O) groups is 1. The highest BCUT2D eigenvalue weighted by Crippen LogP contribution is 2.36. The van der Waals surface area contributed by atoms with Gasteiger partial charge in [0.1, 0.15) is 5.00 Å². The Bertz CT molecular complexity index is 712. The first-order valence-corrected chi connectivity index (χ1v) is 7.83. The van der Waals surface area contributed by atoms with Crippen molar-refractivity contribution < 1.29 is 4.79 Å². The van der Waals surface area contributed by atoms with Gasteiger partial charge < -0.3 is 0 Å². The molecule has 0 spiro atoms. The predicted octanol–water partition coefficient (Wildman–Crippen LogP) is 5.16. The molecule has 4 nitrogen and oxygen atoms in total. The minimum atomic E-state index is 0.494. The van der Waals surface area contributed by atoms with E-state index >= 15 is 0 Å². The Hall–Kier alpha value is -1.70. The zero-order valence-corrected chi connectivity index (χ0v) is 12.0. The van der Waals surface area contributed by atoms with Crippen molar-refractivity contribution in [1.82, 2.24) is 4.98 Å². The van der Waals surface area contributed by atoms with E-state index in [0.717, 1.165) is 11.3 Å². The number of hydrogen-bond donors (Lipinski definition) is 0. The molecule has 0 unspecified atom stereocenters. The van der Waals surface area contributed by atoms with Crippen molar-refractivity contribution in [2.75, 3.05) is 0 Å². The second-order valence-corrected chi connectivity index (χ2v) is 6.53. The molecule has 3 aromatic heterocycles. The lowest BCUT2D eigenvalue weighted by molar-refractivity contribution is 0.112. The van der Waals surface area contributed by atoms with E-state index in [4.69, 9.17) is 0 Å². The van der Waals surface area contributed by atoms with Crippen LogP contribution in [0.15, 0.2) is 46.1 Å². The number of aldehydes is 1. The Morgan fingerprint density at radius 1 is 1.11 bits per heavy atom. The molecule has 0 aliphatic heterocycles. The zero-order valence-electron chi connectivity index (χ0n) is 9.52. The van der Waals surface area contributed by atoms with Crippen LogP contribution in [0.5, 0.6) is 0 Å². The van der Waals surface area contributed by atoms with Crippen molar-refractivity contribution in [1.29, 1.82) is 0 Å². The third kappa shape index (κ3) is 2.83. The summed E-state index contributed by atoms with van der Waals surface area (Å²) in [4.78, 5) is 17.5. The predicted molar refractivity (Wildman–Crippen MR) is 79.3 cm³/mol. The van der Waals surface area contributed by atoms with Crippen LogP contribution in [0.25, 0.3) is 9.75 Å². The van der Waals surface area contributed by atoms with Gasteiger partial charge in [-0.25, -0.2) is 4.98 Å². The molecule has 0 aliphatic carbocycles. The highest BCUT2D eigenvalue weighted by Gasteiger charge is 2.03. The van der Waals surface area contributed by atoms with Crippen LogP contribution in [0.2, 0.25) is 0 Å². The van der Waals surface area contributed by atoms with Crippen LogP contribution >= 0.6 is 34.0 Å². The summed E-state index contributed by atoms with van der Waals surface area (Å²) in [7, 11) is 0. The third-order valence-electron chi connectivity index (χ3n) is 2.22. The summed E-state index contributed by atoms with van der Waals surface area (Å²) >= 11 is 4.50. The number of thiazole rings is 1. The maximum atomic E-state index is 10.5. The number of thiophene rings is 2. The normalized spacial score (nSPS) is 11.2. The number of rotatable bonds is 4. The number of carbonyl (C=O) groups excluding carboxylic acids is 1. The van der Waals surface area contributed by atoms with E-state index in [9.17, 15) is 4.79 Å². The van der Waals surface area contributed by atoms with Crippen LogP contribution in [0.3, 0.4) is 0 Å². The lowest BCUT2D eigenvalue weighted by atomic mass is 10.4. The summed E-state index contributed by atoms with van der Waals surface area (Å²) in [5.41, 5.74) is 0. The standard InChI is InChI=1S/C12H7N3OS3/c16-7-8-6-13-12(18-8)15-14-11-4-3-10(19-11)9-2-1-5-17-9/h1-7H/b15-14+. The minimum absolute atomic E-state index is 0.494. The Kier molecular flexibility index (Phi) is 3.58. The van der Waals surface area contributed by atoms with Crippen molar-refractivity contribution in [3.05, 3.63) is 40.7 Å². The van der Waals surface area contributed by atoms with Gasteiger partial charge in [-0.2, -0.15) is 0 Å². The van der Waals surface area contributed by atoms with Gasteiger partial charge in [0.15, 0.2) is 6.29 Å². The summed E-state index contributed by atoms with van der Waals surface area (Å²) in [6.07, 6.45) is 2.26. The van der Waals surface area contributed by atoms with E-state index in [1.807, 2.05) is 23.6 Å². The molecule has 0 fully saturated rings. The Morgan fingerprint density at radius 2 is 2.05 bits per heavy atom. The number of hydrogen-bond acceptors (Lipinski definition) is 7. The zero-order chi connectivity index (χ0) is 13.1. The van der Waals surface area contributed by atoms with E-state index in [1.54, 1.807) is 22.7 Å². The van der Waals surface area contributed by atoms with Crippen LogP contribution in [-0.2, 0) is 0 Å². The number of nitrogens with zero attached hydrogens (tertiary/aromatic N) is 3. The van der Waals surface area contributed by atoms with Crippen molar-refractivity contribution in [3.63, 3.8) is 0 Å². The van der Waals surface area contributed by atoms with Gasteiger partial charge >= 0.3 is 0 Å². The monoisotopic (exact) mass is 305 g/mol. The summed E-state index contributed by atoms with van der Waals surface area (Å²) in [5, 5.41) is 11.5. The number of aromatic nitrogens is 1. The molecule has 0 aromatic carbocycles. The van der Waals surface area contributed by atoms with Crippen LogP contribution in [-0.4, -0.2) is 11.3 Å². The maximum absolute atomic E-state index is 10.5. The topological polar surface area (TPSA) is 54.7 Å². The van der Waals surface area contributed by atoms with Crippen LogP contribution < -0.4 is 0 Å². The van der Waals surface area contributed by atoms with Crippen LogP contribution in [0, 0.1) is 0 Å². The first-order chi connectivity index (χ1) is 9.35. The van der Waals surface area contributed by atoms with Crippen molar-refractivity contribution in [2.24, 2.45) is 10.2 Å². The van der Waals surface area contributed by atoms with Gasteiger partial charge in [0.05, 0.1) is 11.1 Å². The van der Waals surface area contributed by atoms with Crippen molar-refractivity contribution in [2.45, 2.75) is 0 Å². The van der Waals surface area contributed by atoms with Crippen LogP contribution in [0.1, 0.15) is 9.67 Å². The van der Waals surface area contributed by atoms with Gasteiger partial charge in [0.2, 0.25) is 5.13 Å². The highest BCUT2D eigenvalue weighted by molar-refractivity contribution is 7.23. The lowest BCUT2D eigenvalue weighted by Gasteiger charge is -1.86. The molecular formula is C12H7N3OS3. The molecule has 7 heteroatoms. The molecule has 0 saturated heterocycles. The van der Waals surface area contributed by atoms with Crippen molar-refractivity contribution >= 4 is 50.4 Å². The molecule has 19 heavy (non-hydrogen) atoms. The summed E-state index contributed by atoms with van der Waals surface area (Å²) < 4.78 is 0. The van der Waals surface area contributed by atoms with Gasteiger partial charge in [0.25, 0.3) is 0 Å². The second kappa shape index (κ2) is 5.52. The Labute approximate surface area is 121 Å². The minimum Gasteiger partial charge on any atom is -0.297 e. The first kappa shape index (κ1) is 12.3. The van der Waals surface area contributed by atoms with E-state index in [-0.39, 0.29) is 0 Å². The van der Waals surface area contributed by atoms with Gasteiger partial charge in [-0.05, 0) is 23.6 Å². The van der Waals surface area contributed by atoms with E-state index in [0.29, 0.717) is 10.0 Å². The van der Waals surface area contributed by atoms with Crippen LogP contribution in [0.4, 0.5) is 10.1 Å². The fourth-order valence-electron chi connectivity index (χ4n) is 1.40. The van der Waals surface area contributed by atoms with Gasteiger partial charge in [0, 0.05) is 9.75 Å². The fraction of sp³-hybridized carbons (Fsp3) is 0. The molecule has 0 N–H and O–H groups in total. The summed E-state index contributed by atoms with van der Waals surface area (Å²) in [5.74, 6) is 0. The molecule has 3 heterocycles. The molecule has 94 valence electrons. The van der Waals surface area contributed by atoms with E-state index in [2.05, 4.69) is 21.3 Å². The molecular weight excluding hydrogens is 298 g/mol. The smallest absolute Gasteiger partial charge is 0.230 e. The lowest BCUT2D eigenvalue weighted by Crippen LogP contribution is -1.63. The fourth-order valence-corrected chi connectivity index (χ4v) is 3.62. The van der Waals surface area contributed by atoms with Gasteiger partial charge in [-0.3, -0.25) is 4.79 Å². The molecule has 0 aliphatic rings. The Morgan fingerprint density at radius 3 is 2.79 bits per heavy atom. The third-order valence-corrected chi connectivity index (χ3v) is 5.06.